The molecule has 0 rings (SSSR count). The number of carbonyl (C=O) groups excluding carboxylic acids is 1. The fourth-order valence-corrected chi connectivity index (χ4v) is 5.21. The number of carbonyl (C=O) groups is 2. The van der Waals surface area contributed by atoms with Crippen LogP contribution in [0.5, 0.6) is 0 Å². The molecule has 0 radical (unpaired) electrons. The third-order valence-electron chi connectivity index (χ3n) is 7.96. The average Bonchev–Trinajstić information content (AvgIpc) is 3.04. The topological polar surface area (TPSA) is 63.6 Å². The molecule has 46 heavy (non-hydrogen) atoms. The highest BCUT2D eigenvalue weighted by Crippen LogP contribution is 2.18. The second kappa shape index (κ2) is 36.8. The number of aliphatic carboxylic acids is 1. The van der Waals surface area contributed by atoms with Gasteiger partial charge in [-0.1, -0.05) is 157 Å². The monoisotopic (exact) mass is 639 g/mol. The van der Waals surface area contributed by atoms with Crippen LogP contribution in [0.3, 0.4) is 0 Å². The van der Waals surface area contributed by atoms with E-state index in [9.17, 15) is 9.59 Å². The second-order valence-electron chi connectivity index (χ2n) is 12.4. The molecule has 0 amide bonds. The van der Waals surface area contributed by atoms with Crippen molar-refractivity contribution in [2.24, 2.45) is 0 Å². The van der Waals surface area contributed by atoms with Gasteiger partial charge in [0.05, 0.1) is 0 Å². The lowest BCUT2D eigenvalue weighted by Crippen LogP contribution is -2.18. The van der Waals surface area contributed by atoms with Crippen LogP contribution in [0.2, 0.25) is 0 Å². The van der Waals surface area contributed by atoms with Gasteiger partial charge in [-0.15, -0.1) is 0 Å². The van der Waals surface area contributed by atoms with E-state index in [-0.39, 0.29) is 18.5 Å². The van der Waals surface area contributed by atoms with Crippen LogP contribution >= 0.6 is 0 Å². The van der Waals surface area contributed by atoms with Crippen molar-refractivity contribution in [2.45, 2.75) is 180 Å². The molecule has 4 heteroatoms. The maximum absolute atomic E-state index is 12.6. The summed E-state index contributed by atoms with van der Waals surface area (Å²) in [6, 6.07) is 0. The zero-order valence-corrected chi connectivity index (χ0v) is 29.9. The van der Waals surface area contributed by atoms with Crippen LogP contribution < -0.4 is 0 Å². The van der Waals surface area contributed by atoms with E-state index in [0.29, 0.717) is 6.42 Å². The van der Waals surface area contributed by atoms with Crippen LogP contribution in [0.1, 0.15) is 174 Å². The van der Waals surface area contributed by atoms with Crippen molar-refractivity contribution in [1.82, 2.24) is 0 Å². The second-order valence-corrected chi connectivity index (χ2v) is 12.4. The predicted octanol–water partition coefficient (Wildman–Crippen LogP) is 13.1. The van der Waals surface area contributed by atoms with Crippen LogP contribution in [0.25, 0.3) is 0 Å². The molecular weight excluding hydrogens is 568 g/mol. The van der Waals surface area contributed by atoms with E-state index < -0.39 is 5.97 Å². The van der Waals surface area contributed by atoms with E-state index in [2.05, 4.69) is 86.8 Å². The molecule has 0 aromatic carbocycles. The number of carboxylic acid groups (broad SMARTS) is 1. The molecule has 1 atom stereocenters. The Labute approximate surface area is 284 Å². The molecule has 0 fully saturated rings. The van der Waals surface area contributed by atoms with E-state index in [1.54, 1.807) is 0 Å². The summed E-state index contributed by atoms with van der Waals surface area (Å²) in [5.41, 5.74) is 0. The van der Waals surface area contributed by atoms with Crippen LogP contribution in [-0.2, 0) is 14.3 Å². The van der Waals surface area contributed by atoms with Gasteiger partial charge in [-0.3, -0.25) is 9.59 Å². The lowest BCUT2D eigenvalue weighted by Gasteiger charge is -2.18. The van der Waals surface area contributed by atoms with Gasteiger partial charge in [-0.25, -0.2) is 0 Å². The molecule has 0 bridgehead atoms. The van der Waals surface area contributed by atoms with E-state index >= 15 is 0 Å². The molecule has 1 N–H and O–H groups in total. The van der Waals surface area contributed by atoms with E-state index in [1.807, 2.05) is 0 Å². The van der Waals surface area contributed by atoms with Gasteiger partial charge >= 0.3 is 11.9 Å². The van der Waals surface area contributed by atoms with Crippen molar-refractivity contribution >= 4 is 11.9 Å². The van der Waals surface area contributed by atoms with Crippen molar-refractivity contribution < 1.29 is 19.4 Å². The molecular formula is C42H70O4. The average molecular weight is 639 g/mol. The Balaban J connectivity index is 4.17. The summed E-state index contributed by atoms with van der Waals surface area (Å²) in [5, 5.41) is 8.80. The fourth-order valence-electron chi connectivity index (χ4n) is 5.21. The standard InChI is InChI=1S/C42H70O4/c1-3-5-7-9-11-13-14-15-16-17-18-19-20-21-22-24-26-31-35-39-42(45)46-40(37-33-29-27-30-34-38-41(43)44)36-32-28-25-23-12-10-8-6-4-2/h5,7,11,13,15-16,18-19,21-22,26,31,40H,3-4,6,8-10,12,14,17,20,23-25,27-30,32-39H2,1-2H3,(H,43,44)/b7-5-,13-11-,16-15-,19-18-,22-21-,31-26-. The summed E-state index contributed by atoms with van der Waals surface area (Å²) in [5.74, 6) is -0.793. The van der Waals surface area contributed by atoms with Gasteiger partial charge in [0.25, 0.3) is 0 Å². The molecule has 0 aliphatic heterocycles. The van der Waals surface area contributed by atoms with E-state index in [0.717, 1.165) is 96.3 Å². The summed E-state index contributed by atoms with van der Waals surface area (Å²) < 4.78 is 5.94. The summed E-state index contributed by atoms with van der Waals surface area (Å²) in [6.45, 7) is 4.41. The van der Waals surface area contributed by atoms with Gasteiger partial charge in [0, 0.05) is 12.8 Å². The number of unbranched alkanes of at least 4 members (excludes halogenated alkanes) is 12. The SMILES string of the molecule is CC/C=C\C/C=C\C/C=C\C/C=C\C/C=C\C/C=C\CCC(=O)OC(CCCCCCCCCCC)CCCCCCCC(=O)O. The fraction of sp³-hybridized carbons (Fsp3) is 0.667. The number of ether oxygens (including phenoxy) is 1. The van der Waals surface area contributed by atoms with Crippen molar-refractivity contribution in [3.8, 4) is 0 Å². The molecule has 262 valence electrons. The van der Waals surface area contributed by atoms with Crippen LogP contribution in [0.4, 0.5) is 0 Å². The Bertz CT molecular complexity index is 861. The molecule has 0 aliphatic carbocycles. The zero-order chi connectivity index (χ0) is 33.6. The van der Waals surface area contributed by atoms with Crippen molar-refractivity contribution in [3.05, 3.63) is 72.9 Å². The lowest BCUT2D eigenvalue weighted by molar-refractivity contribution is -0.149. The smallest absolute Gasteiger partial charge is 0.306 e. The van der Waals surface area contributed by atoms with Crippen molar-refractivity contribution in [2.75, 3.05) is 0 Å². The molecule has 0 aromatic rings. The first-order chi connectivity index (χ1) is 22.6. The lowest BCUT2D eigenvalue weighted by atomic mass is 10.0. The molecule has 0 heterocycles. The van der Waals surface area contributed by atoms with E-state index in [4.69, 9.17) is 9.84 Å². The van der Waals surface area contributed by atoms with Gasteiger partial charge in [0.15, 0.2) is 0 Å². The summed E-state index contributed by atoms with van der Waals surface area (Å²) in [6.07, 6.45) is 52.0. The van der Waals surface area contributed by atoms with Crippen molar-refractivity contribution in [3.63, 3.8) is 0 Å². The summed E-state index contributed by atoms with van der Waals surface area (Å²) in [7, 11) is 0. The molecule has 0 saturated heterocycles. The number of hydrogen-bond acceptors (Lipinski definition) is 3. The molecule has 0 spiro atoms. The first-order valence-electron chi connectivity index (χ1n) is 18.9. The summed E-state index contributed by atoms with van der Waals surface area (Å²) >= 11 is 0. The minimum atomic E-state index is -0.711. The molecule has 0 aliphatic rings. The molecule has 1 unspecified atom stereocenters. The Morgan fingerprint density at radius 1 is 0.500 bits per heavy atom. The normalized spacial score (nSPS) is 13.1. The Morgan fingerprint density at radius 3 is 1.33 bits per heavy atom. The number of hydrogen-bond donors (Lipinski definition) is 1. The molecule has 0 saturated carbocycles. The van der Waals surface area contributed by atoms with Gasteiger partial charge < -0.3 is 9.84 Å². The number of rotatable bonds is 33. The van der Waals surface area contributed by atoms with Crippen LogP contribution in [0.15, 0.2) is 72.9 Å². The minimum absolute atomic E-state index is 0.0151. The van der Waals surface area contributed by atoms with Crippen LogP contribution in [-0.4, -0.2) is 23.1 Å². The first-order valence-corrected chi connectivity index (χ1v) is 18.9. The third kappa shape index (κ3) is 35.9. The minimum Gasteiger partial charge on any atom is -0.481 e. The first kappa shape index (κ1) is 43.4. The Kier molecular flexibility index (Phi) is 34.7. The maximum Gasteiger partial charge on any atom is 0.306 e. The van der Waals surface area contributed by atoms with Gasteiger partial charge in [-0.05, 0) is 77.0 Å². The van der Waals surface area contributed by atoms with Gasteiger partial charge in [-0.2, -0.15) is 0 Å². The van der Waals surface area contributed by atoms with Crippen LogP contribution in [0, 0.1) is 0 Å². The third-order valence-corrected chi connectivity index (χ3v) is 7.96. The highest BCUT2D eigenvalue weighted by Gasteiger charge is 2.14. The molecule has 0 aromatic heterocycles. The van der Waals surface area contributed by atoms with Gasteiger partial charge in [0.2, 0.25) is 0 Å². The Hall–Kier alpha value is -2.62. The molecule has 4 nitrogen and oxygen atoms in total. The maximum atomic E-state index is 12.6. The predicted molar refractivity (Wildman–Crippen MR) is 199 cm³/mol. The number of allylic oxidation sites excluding steroid dienone is 12. The van der Waals surface area contributed by atoms with Gasteiger partial charge in [0.1, 0.15) is 6.10 Å². The highest BCUT2D eigenvalue weighted by molar-refractivity contribution is 5.69. The quantitative estimate of drug-likeness (QED) is 0.0441. The highest BCUT2D eigenvalue weighted by atomic mass is 16.5. The number of esters is 1. The van der Waals surface area contributed by atoms with E-state index in [1.165, 1.54) is 51.4 Å². The Morgan fingerprint density at radius 2 is 0.891 bits per heavy atom. The van der Waals surface area contributed by atoms with Crippen molar-refractivity contribution in [1.29, 1.82) is 0 Å². The zero-order valence-electron chi connectivity index (χ0n) is 29.9. The summed E-state index contributed by atoms with van der Waals surface area (Å²) in [4.78, 5) is 23.3. The number of carboxylic acids is 1. The largest absolute Gasteiger partial charge is 0.481 e.